The fourth-order valence-corrected chi connectivity index (χ4v) is 0.428. The molecule has 0 amide bonds. The largest absolute Gasteiger partial charge is 0.508 e. The summed E-state index contributed by atoms with van der Waals surface area (Å²) in [5, 5.41) is 16.3. The highest BCUT2D eigenvalue weighted by Gasteiger charge is 1.74. The van der Waals surface area contributed by atoms with Crippen LogP contribution in [0.1, 0.15) is 0 Å². The normalized spacial score (nSPS) is 7.27. The van der Waals surface area contributed by atoms with Crippen LogP contribution in [0.15, 0.2) is 30.3 Å². The summed E-state index contributed by atoms with van der Waals surface area (Å²) < 4.78 is 0. The van der Waals surface area contributed by atoms with E-state index >= 15 is 0 Å². The second-order valence-corrected chi connectivity index (χ2v) is 1.70. The van der Waals surface area contributed by atoms with E-state index in [9.17, 15) is 0 Å². The number of aliphatic hydroxyl groups is 1. The first-order valence-electron chi connectivity index (χ1n) is 3.09. The highest BCUT2D eigenvalue weighted by molar-refractivity contribution is 5.18. The lowest BCUT2D eigenvalue weighted by molar-refractivity contribution is 0.351. The van der Waals surface area contributed by atoms with Crippen molar-refractivity contribution in [3.63, 3.8) is 0 Å². The number of hydrogen-bond donors (Lipinski definition) is 2. The Labute approximate surface area is 66.1 Å². The monoisotopic (exact) mass is 150 g/mol. The number of phenolic OH excluding ortho intramolecular Hbond substituents is 1. The third kappa shape index (κ3) is 6.42. The Morgan fingerprint density at radius 3 is 1.91 bits per heavy atom. The molecule has 0 unspecified atom stereocenters. The molecule has 0 bridgehead atoms. The van der Waals surface area contributed by atoms with Gasteiger partial charge in [-0.1, -0.05) is 24.1 Å². The quantitative estimate of drug-likeness (QED) is 0.542. The first-order chi connectivity index (χ1) is 5.31. The number of rotatable bonds is 0. The van der Waals surface area contributed by atoms with Gasteiger partial charge in [0.05, 0.1) is 0 Å². The summed E-state index contributed by atoms with van der Waals surface area (Å²) in [6, 6.07) is 8.71. The molecule has 1 aromatic carbocycles. The van der Waals surface area contributed by atoms with Crippen LogP contribution in [0.5, 0.6) is 5.75 Å². The summed E-state index contributed by atoms with van der Waals surface area (Å²) >= 11 is 0. The van der Waals surface area contributed by atoms with Crippen molar-refractivity contribution in [1.29, 1.82) is 0 Å². The number of para-hydroxylation sites is 1. The van der Waals surface area contributed by atoms with Crippen LogP contribution >= 0.6 is 0 Å². The number of phenols is 1. The maximum absolute atomic E-state index is 8.63. The molecule has 0 saturated carbocycles. The van der Waals surface area contributed by atoms with E-state index in [0.29, 0.717) is 5.75 Å². The summed E-state index contributed by atoms with van der Waals surface area (Å²) in [4.78, 5) is 0. The molecule has 11 heavy (non-hydrogen) atoms. The van der Waals surface area contributed by atoms with Gasteiger partial charge in [-0.15, -0.1) is 6.42 Å². The van der Waals surface area contributed by atoms with Gasteiger partial charge in [-0.3, -0.25) is 0 Å². The highest BCUT2D eigenvalue weighted by Crippen LogP contribution is 2.02. The van der Waals surface area contributed by atoms with E-state index in [1.807, 2.05) is 12.0 Å². The second-order valence-electron chi connectivity index (χ2n) is 1.70. The van der Waals surface area contributed by atoms with E-state index < -0.39 is 0 Å². The average molecular weight is 150 g/mol. The molecule has 1 rings (SSSR count). The molecule has 0 atom stereocenters. The Kier molecular flexibility index (Phi) is 5.77. The fraction of sp³-hybridized carbons (Fsp3) is 0.111. The smallest absolute Gasteiger partial charge is 0.115 e. The van der Waals surface area contributed by atoms with Crippen molar-refractivity contribution in [3.05, 3.63) is 30.3 Å². The van der Waals surface area contributed by atoms with Crippen molar-refractivity contribution >= 4 is 0 Å². The summed E-state index contributed by atoms with van der Waals surface area (Å²) in [6.07, 6.45) is 4.53. The van der Waals surface area contributed by atoms with Crippen LogP contribution in [0.4, 0.5) is 0 Å². The van der Waals surface area contributed by atoms with Crippen molar-refractivity contribution in [2.75, 3.05) is 6.61 Å². The maximum Gasteiger partial charge on any atom is 0.115 e. The molecule has 0 aliphatic rings. The van der Waals surface area contributed by atoms with Gasteiger partial charge in [0.2, 0.25) is 0 Å². The minimum Gasteiger partial charge on any atom is -0.508 e. The lowest BCUT2D eigenvalue weighted by Crippen LogP contribution is -1.64. The van der Waals surface area contributed by atoms with Gasteiger partial charge in [-0.25, -0.2) is 0 Å². The van der Waals surface area contributed by atoms with Gasteiger partial charge in [0.25, 0.3) is 0 Å². The van der Waals surface area contributed by atoms with E-state index in [2.05, 4.69) is 6.42 Å². The molecule has 2 nitrogen and oxygen atoms in total. The van der Waals surface area contributed by atoms with Crippen LogP contribution in [0.3, 0.4) is 0 Å². The summed E-state index contributed by atoms with van der Waals surface area (Å²) in [6.45, 7) is -0.153. The van der Waals surface area contributed by atoms with E-state index in [1.165, 1.54) is 0 Å². The van der Waals surface area contributed by atoms with Crippen LogP contribution in [-0.4, -0.2) is 16.8 Å². The molecular formula is C9H10O2. The molecule has 2 N–H and O–H groups in total. The molecule has 0 spiro atoms. The minimum absolute atomic E-state index is 0.153. The Balaban J connectivity index is 0.000000218. The summed E-state index contributed by atoms with van der Waals surface area (Å²) in [5.74, 6) is 2.31. The predicted octanol–water partition coefficient (Wildman–Crippen LogP) is 1.00. The van der Waals surface area contributed by atoms with Crippen LogP contribution in [-0.2, 0) is 0 Å². The zero-order valence-corrected chi connectivity index (χ0v) is 6.07. The fourth-order valence-electron chi connectivity index (χ4n) is 0.428. The van der Waals surface area contributed by atoms with Crippen molar-refractivity contribution in [1.82, 2.24) is 0 Å². The second kappa shape index (κ2) is 6.66. The first-order valence-corrected chi connectivity index (χ1v) is 3.09. The van der Waals surface area contributed by atoms with Gasteiger partial charge in [-0.05, 0) is 12.1 Å². The predicted molar refractivity (Wildman–Crippen MR) is 44.0 cm³/mol. The number of hydrogen-bond acceptors (Lipinski definition) is 2. The van der Waals surface area contributed by atoms with Crippen LogP contribution < -0.4 is 0 Å². The molecular weight excluding hydrogens is 140 g/mol. The summed E-state index contributed by atoms with van der Waals surface area (Å²) in [5.41, 5.74) is 0. The Bertz CT molecular complexity index is 211. The number of terminal acetylenes is 1. The molecule has 2 heteroatoms. The molecule has 0 aromatic heterocycles. The van der Waals surface area contributed by atoms with Gasteiger partial charge in [0, 0.05) is 0 Å². The maximum atomic E-state index is 8.63. The number of benzene rings is 1. The third-order valence-electron chi connectivity index (χ3n) is 0.847. The Morgan fingerprint density at radius 2 is 1.73 bits per heavy atom. The SMILES string of the molecule is C#CCO.Oc1ccccc1. The standard InChI is InChI=1S/C6H6O.C3H4O/c7-6-4-2-1-3-5-6;1-2-3-4/h1-5,7H;1,4H,3H2. The van der Waals surface area contributed by atoms with Gasteiger partial charge < -0.3 is 10.2 Å². The molecule has 0 aliphatic heterocycles. The molecule has 1 aromatic rings. The van der Waals surface area contributed by atoms with E-state index in [-0.39, 0.29) is 6.61 Å². The minimum atomic E-state index is -0.153. The van der Waals surface area contributed by atoms with Crippen molar-refractivity contribution < 1.29 is 10.2 Å². The lowest BCUT2D eigenvalue weighted by atomic mass is 10.3. The molecule has 0 aliphatic carbocycles. The highest BCUT2D eigenvalue weighted by atomic mass is 16.3. The molecule has 58 valence electrons. The number of aliphatic hydroxyl groups excluding tert-OH is 1. The van der Waals surface area contributed by atoms with Crippen LogP contribution in [0, 0.1) is 12.3 Å². The van der Waals surface area contributed by atoms with E-state index in [0.717, 1.165) is 0 Å². The molecule has 0 fully saturated rings. The van der Waals surface area contributed by atoms with Crippen molar-refractivity contribution in [2.45, 2.75) is 0 Å². The Morgan fingerprint density at radius 1 is 1.27 bits per heavy atom. The zero-order valence-electron chi connectivity index (χ0n) is 6.07. The molecule has 0 radical (unpaired) electrons. The van der Waals surface area contributed by atoms with Crippen molar-refractivity contribution in [2.24, 2.45) is 0 Å². The molecule has 0 heterocycles. The van der Waals surface area contributed by atoms with Crippen molar-refractivity contribution in [3.8, 4) is 18.1 Å². The van der Waals surface area contributed by atoms with Gasteiger partial charge in [-0.2, -0.15) is 0 Å². The first kappa shape index (κ1) is 9.54. The van der Waals surface area contributed by atoms with Crippen LogP contribution in [0.2, 0.25) is 0 Å². The zero-order chi connectivity index (χ0) is 8.53. The van der Waals surface area contributed by atoms with Gasteiger partial charge in [0.1, 0.15) is 12.4 Å². The third-order valence-corrected chi connectivity index (χ3v) is 0.847. The van der Waals surface area contributed by atoms with Gasteiger partial charge in [0.15, 0.2) is 0 Å². The van der Waals surface area contributed by atoms with Crippen LogP contribution in [0.25, 0.3) is 0 Å². The lowest BCUT2D eigenvalue weighted by Gasteiger charge is -1.82. The van der Waals surface area contributed by atoms with Gasteiger partial charge >= 0.3 is 0 Å². The Hall–Kier alpha value is -1.46. The average Bonchev–Trinajstić information content (AvgIpc) is 2.07. The number of aromatic hydroxyl groups is 1. The topological polar surface area (TPSA) is 40.5 Å². The van der Waals surface area contributed by atoms with E-state index in [4.69, 9.17) is 10.2 Å². The molecule has 0 saturated heterocycles. The van der Waals surface area contributed by atoms with E-state index in [1.54, 1.807) is 24.3 Å². The summed E-state index contributed by atoms with van der Waals surface area (Å²) in [7, 11) is 0.